The van der Waals surface area contributed by atoms with Crippen molar-refractivity contribution in [3.63, 3.8) is 0 Å². The van der Waals surface area contributed by atoms with Gasteiger partial charge in [-0.05, 0) is 6.07 Å². The predicted molar refractivity (Wildman–Crippen MR) is 70.7 cm³/mol. The van der Waals surface area contributed by atoms with Crippen molar-refractivity contribution in [1.29, 1.82) is 0 Å². The van der Waals surface area contributed by atoms with Crippen LogP contribution < -0.4 is 5.56 Å². The minimum Gasteiger partial charge on any atom is -0.468 e. The molecule has 0 fully saturated rings. The summed E-state index contributed by atoms with van der Waals surface area (Å²) in [6.07, 6.45) is 1.60. The molecular weight excluding hydrogens is 300 g/mol. The van der Waals surface area contributed by atoms with E-state index >= 15 is 0 Å². The van der Waals surface area contributed by atoms with Crippen molar-refractivity contribution < 1.29 is 9.53 Å². The minimum atomic E-state index is -0.589. The molecule has 0 spiro atoms. The number of carbonyl (C=O) groups excluding carboxylic acids is 1. The highest BCUT2D eigenvalue weighted by Gasteiger charge is 2.17. The van der Waals surface area contributed by atoms with E-state index in [1.807, 2.05) is 12.1 Å². The molecule has 0 amide bonds. The van der Waals surface area contributed by atoms with Gasteiger partial charge < -0.3 is 4.74 Å². The normalized spacial score (nSPS) is 12.3. The maximum Gasteiger partial charge on any atom is 0.321 e. The summed E-state index contributed by atoms with van der Waals surface area (Å²) in [5.74, 6) is -0.433. The average Bonchev–Trinajstić information content (AvgIpc) is 2.41. The van der Waals surface area contributed by atoms with E-state index in [-0.39, 0.29) is 12.1 Å². The second-order valence-corrected chi connectivity index (χ2v) is 4.82. The Morgan fingerprint density at radius 2 is 2.22 bits per heavy atom. The zero-order valence-electron chi connectivity index (χ0n) is 9.67. The van der Waals surface area contributed by atoms with Crippen molar-refractivity contribution in [2.24, 2.45) is 0 Å². The molecule has 0 aliphatic carbocycles. The van der Waals surface area contributed by atoms with E-state index in [1.54, 1.807) is 18.3 Å². The van der Waals surface area contributed by atoms with Crippen LogP contribution in [-0.2, 0) is 16.1 Å². The lowest BCUT2D eigenvalue weighted by molar-refractivity contribution is -0.140. The Balaban J connectivity index is 2.38. The van der Waals surface area contributed by atoms with Crippen LogP contribution in [0.5, 0.6) is 0 Å². The van der Waals surface area contributed by atoms with Gasteiger partial charge in [-0.3, -0.25) is 9.59 Å². The van der Waals surface area contributed by atoms with Gasteiger partial charge in [0.25, 0.3) is 5.56 Å². The molecule has 2 rings (SSSR count). The van der Waals surface area contributed by atoms with Crippen LogP contribution in [0.2, 0.25) is 0 Å². The number of fused-ring (bicyclic) bond motifs is 1. The quantitative estimate of drug-likeness (QED) is 0.634. The van der Waals surface area contributed by atoms with Crippen molar-refractivity contribution >= 4 is 32.7 Å². The highest BCUT2D eigenvalue weighted by atomic mass is 79.9. The maximum absolute atomic E-state index is 12.1. The third-order valence-corrected chi connectivity index (χ3v) is 3.22. The van der Waals surface area contributed by atoms with Crippen LogP contribution >= 0.6 is 15.9 Å². The van der Waals surface area contributed by atoms with E-state index in [9.17, 15) is 9.59 Å². The van der Waals surface area contributed by atoms with Gasteiger partial charge in [0.05, 0.1) is 25.2 Å². The van der Waals surface area contributed by atoms with Crippen LogP contribution in [-0.4, -0.2) is 27.7 Å². The number of nitrogens with zero attached hydrogens (tertiary/aromatic N) is 2. The topological polar surface area (TPSA) is 61.2 Å². The molecule has 18 heavy (non-hydrogen) atoms. The zero-order chi connectivity index (χ0) is 13.1. The summed E-state index contributed by atoms with van der Waals surface area (Å²) >= 11 is 3.16. The molecule has 0 bridgehead atoms. The Morgan fingerprint density at radius 1 is 1.50 bits per heavy atom. The number of halogens is 1. The number of hydrogen-bond donors (Lipinski definition) is 0. The first-order valence-electron chi connectivity index (χ1n) is 5.30. The Bertz CT molecular complexity index is 639. The largest absolute Gasteiger partial charge is 0.468 e. The van der Waals surface area contributed by atoms with Crippen LogP contribution in [0.15, 0.2) is 35.3 Å². The molecule has 0 saturated carbocycles. The van der Waals surface area contributed by atoms with Gasteiger partial charge in [-0.1, -0.05) is 34.1 Å². The first-order valence-corrected chi connectivity index (χ1v) is 6.22. The molecule has 2 aromatic rings. The first kappa shape index (κ1) is 12.8. The van der Waals surface area contributed by atoms with Crippen molar-refractivity contribution in [2.75, 3.05) is 7.11 Å². The second kappa shape index (κ2) is 5.30. The zero-order valence-corrected chi connectivity index (χ0v) is 11.3. The number of methoxy groups -OCH3 is 1. The molecule has 1 aromatic carbocycles. The number of aromatic nitrogens is 2. The number of benzene rings is 1. The molecule has 0 N–H and O–H groups in total. The first-order chi connectivity index (χ1) is 8.63. The smallest absolute Gasteiger partial charge is 0.321 e. The monoisotopic (exact) mass is 310 g/mol. The number of rotatable bonds is 3. The van der Waals surface area contributed by atoms with Gasteiger partial charge >= 0.3 is 5.97 Å². The van der Waals surface area contributed by atoms with Crippen LogP contribution in [0.3, 0.4) is 0 Å². The van der Waals surface area contributed by atoms with Crippen LogP contribution in [0.25, 0.3) is 10.8 Å². The highest BCUT2D eigenvalue weighted by Crippen LogP contribution is 2.08. The lowest BCUT2D eigenvalue weighted by atomic mass is 10.2. The Hall–Kier alpha value is -1.69. The van der Waals surface area contributed by atoms with Gasteiger partial charge in [0, 0.05) is 5.39 Å². The second-order valence-electron chi connectivity index (χ2n) is 3.71. The third kappa shape index (κ3) is 2.43. The van der Waals surface area contributed by atoms with Gasteiger partial charge in [0.2, 0.25) is 0 Å². The summed E-state index contributed by atoms with van der Waals surface area (Å²) < 4.78 is 5.83. The van der Waals surface area contributed by atoms with Crippen molar-refractivity contribution in [3.05, 3.63) is 40.8 Å². The summed E-state index contributed by atoms with van der Waals surface area (Å²) in [4.78, 5) is 22.8. The lowest BCUT2D eigenvalue weighted by Gasteiger charge is -2.09. The Morgan fingerprint density at radius 3 is 2.94 bits per heavy atom. The standard InChI is InChI=1S/C12H11BrN2O3/c1-18-12(17)10(13)7-15-11(16)9-5-3-2-4-8(9)6-14-15/h2-6,10H,7H2,1H3. The van der Waals surface area contributed by atoms with Crippen molar-refractivity contribution in [1.82, 2.24) is 9.78 Å². The van der Waals surface area contributed by atoms with E-state index in [0.29, 0.717) is 5.39 Å². The molecule has 1 atom stereocenters. The fourth-order valence-electron chi connectivity index (χ4n) is 1.61. The molecule has 1 heterocycles. The molecular formula is C12H11BrN2O3. The third-order valence-electron chi connectivity index (χ3n) is 2.55. The van der Waals surface area contributed by atoms with Gasteiger partial charge in [0.1, 0.15) is 4.83 Å². The SMILES string of the molecule is COC(=O)C(Br)Cn1ncc2ccccc2c1=O. The minimum absolute atomic E-state index is 0.135. The summed E-state index contributed by atoms with van der Waals surface area (Å²) in [5, 5.41) is 5.39. The van der Waals surface area contributed by atoms with E-state index < -0.39 is 10.8 Å². The van der Waals surface area contributed by atoms with E-state index in [1.165, 1.54) is 11.8 Å². The van der Waals surface area contributed by atoms with E-state index in [4.69, 9.17) is 0 Å². The summed E-state index contributed by atoms with van der Waals surface area (Å²) in [5.41, 5.74) is -0.221. The average molecular weight is 311 g/mol. The fraction of sp³-hybridized carbons (Fsp3) is 0.250. The molecule has 94 valence electrons. The number of hydrogen-bond acceptors (Lipinski definition) is 4. The Labute approximate surface area is 111 Å². The van der Waals surface area contributed by atoms with Crippen molar-refractivity contribution in [3.8, 4) is 0 Å². The molecule has 1 unspecified atom stereocenters. The summed E-state index contributed by atoms with van der Waals surface area (Å²) in [6.45, 7) is 0.135. The number of esters is 1. The molecule has 0 aliphatic rings. The van der Waals surface area contributed by atoms with Gasteiger partial charge in [-0.2, -0.15) is 5.10 Å². The molecule has 5 nitrogen and oxygen atoms in total. The molecule has 6 heteroatoms. The maximum atomic E-state index is 12.1. The highest BCUT2D eigenvalue weighted by molar-refractivity contribution is 9.10. The van der Waals surface area contributed by atoms with Gasteiger partial charge in [-0.25, -0.2) is 4.68 Å². The van der Waals surface area contributed by atoms with Crippen molar-refractivity contribution in [2.45, 2.75) is 11.4 Å². The molecule has 0 radical (unpaired) electrons. The van der Waals surface area contributed by atoms with Crippen LogP contribution in [0.4, 0.5) is 0 Å². The van der Waals surface area contributed by atoms with Gasteiger partial charge in [-0.15, -0.1) is 0 Å². The van der Waals surface area contributed by atoms with Gasteiger partial charge in [0.15, 0.2) is 0 Å². The molecule has 0 saturated heterocycles. The summed E-state index contributed by atoms with van der Waals surface area (Å²) in [6, 6.07) is 7.19. The summed E-state index contributed by atoms with van der Waals surface area (Å²) in [7, 11) is 1.30. The fourth-order valence-corrected chi connectivity index (χ4v) is 2.07. The lowest BCUT2D eigenvalue weighted by Crippen LogP contribution is -2.30. The van der Waals surface area contributed by atoms with E-state index in [2.05, 4.69) is 25.8 Å². The number of carbonyl (C=O) groups is 1. The number of alkyl halides is 1. The molecule has 1 aromatic heterocycles. The number of ether oxygens (including phenoxy) is 1. The molecule has 0 aliphatic heterocycles. The Kier molecular flexibility index (Phi) is 3.76. The van der Waals surface area contributed by atoms with Crippen LogP contribution in [0.1, 0.15) is 0 Å². The predicted octanol–water partition coefficient (Wildman–Crippen LogP) is 1.33. The van der Waals surface area contributed by atoms with E-state index in [0.717, 1.165) is 5.39 Å². The van der Waals surface area contributed by atoms with Crippen LogP contribution in [0, 0.1) is 0 Å².